The number of benzene rings is 1. The molecule has 1 aromatic heterocycles. The number of pyridine rings is 1. The molecule has 1 heterocycles. The lowest BCUT2D eigenvalue weighted by Gasteiger charge is -2.14. The minimum Gasteiger partial charge on any atom is -0.349 e. The van der Waals surface area contributed by atoms with E-state index in [9.17, 15) is 9.59 Å². The summed E-state index contributed by atoms with van der Waals surface area (Å²) in [5.41, 5.74) is 2.65. The Bertz CT molecular complexity index is 795. The van der Waals surface area contributed by atoms with E-state index in [2.05, 4.69) is 29.5 Å². The monoisotopic (exact) mass is 351 g/mol. The second kappa shape index (κ2) is 8.13. The number of nitrogens with one attached hydrogen (secondary N) is 2. The molecule has 2 amide bonds. The molecular formula is C21H25N3O2. The van der Waals surface area contributed by atoms with Crippen LogP contribution in [-0.4, -0.2) is 22.8 Å². The number of hydrogen-bond acceptors (Lipinski definition) is 3. The Hall–Kier alpha value is -2.69. The normalized spacial score (nSPS) is 14.4. The first kappa shape index (κ1) is 18.1. The highest BCUT2D eigenvalue weighted by atomic mass is 16.2. The Balaban J connectivity index is 1.73. The van der Waals surface area contributed by atoms with Gasteiger partial charge in [0.15, 0.2) is 0 Å². The Labute approximate surface area is 154 Å². The first-order valence-electron chi connectivity index (χ1n) is 9.21. The van der Waals surface area contributed by atoms with E-state index in [0.29, 0.717) is 17.0 Å². The zero-order valence-corrected chi connectivity index (χ0v) is 15.3. The van der Waals surface area contributed by atoms with Crippen molar-refractivity contribution in [3.05, 3.63) is 59.4 Å². The van der Waals surface area contributed by atoms with Crippen molar-refractivity contribution < 1.29 is 9.59 Å². The van der Waals surface area contributed by atoms with Gasteiger partial charge in [-0.3, -0.25) is 14.6 Å². The first-order valence-corrected chi connectivity index (χ1v) is 9.21. The van der Waals surface area contributed by atoms with E-state index in [4.69, 9.17) is 0 Å². The van der Waals surface area contributed by atoms with E-state index >= 15 is 0 Å². The topological polar surface area (TPSA) is 71.1 Å². The SMILES string of the molecule is CC(C)c1ccccc1NC(=O)c1cncc(C(=O)NC2CCCC2)c1. The minimum atomic E-state index is -0.263. The average molecular weight is 351 g/mol. The molecule has 136 valence electrons. The molecule has 0 atom stereocenters. The molecule has 0 saturated heterocycles. The van der Waals surface area contributed by atoms with Gasteiger partial charge in [0.1, 0.15) is 0 Å². The summed E-state index contributed by atoms with van der Waals surface area (Å²) in [5, 5.41) is 5.96. The lowest BCUT2D eigenvalue weighted by atomic mass is 10.0. The Morgan fingerprint density at radius 1 is 1.04 bits per heavy atom. The van der Waals surface area contributed by atoms with Crippen molar-refractivity contribution in [2.24, 2.45) is 0 Å². The number of carbonyl (C=O) groups excluding carboxylic acids is 2. The van der Waals surface area contributed by atoms with Gasteiger partial charge in [-0.2, -0.15) is 0 Å². The van der Waals surface area contributed by atoms with Crippen LogP contribution >= 0.6 is 0 Å². The molecule has 3 rings (SSSR count). The summed E-state index contributed by atoms with van der Waals surface area (Å²) in [6, 6.07) is 9.58. The fraction of sp³-hybridized carbons (Fsp3) is 0.381. The molecule has 1 saturated carbocycles. The summed E-state index contributed by atoms with van der Waals surface area (Å²) in [4.78, 5) is 29.1. The summed E-state index contributed by atoms with van der Waals surface area (Å²) >= 11 is 0. The van der Waals surface area contributed by atoms with Crippen LogP contribution in [0.2, 0.25) is 0 Å². The number of amides is 2. The molecule has 0 spiro atoms. The number of carbonyl (C=O) groups is 2. The summed E-state index contributed by atoms with van der Waals surface area (Å²) in [6.07, 6.45) is 7.33. The highest BCUT2D eigenvalue weighted by Crippen LogP contribution is 2.24. The van der Waals surface area contributed by atoms with Crippen LogP contribution in [0, 0.1) is 0 Å². The Morgan fingerprint density at radius 2 is 1.69 bits per heavy atom. The van der Waals surface area contributed by atoms with Crippen LogP contribution in [0.15, 0.2) is 42.7 Å². The van der Waals surface area contributed by atoms with Gasteiger partial charge < -0.3 is 10.6 Å². The number of para-hydroxylation sites is 1. The van der Waals surface area contributed by atoms with Crippen LogP contribution in [0.4, 0.5) is 5.69 Å². The van der Waals surface area contributed by atoms with Crippen molar-refractivity contribution in [3.8, 4) is 0 Å². The van der Waals surface area contributed by atoms with E-state index in [1.54, 1.807) is 6.07 Å². The maximum absolute atomic E-state index is 12.6. The molecule has 1 fully saturated rings. The van der Waals surface area contributed by atoms with E-state index in [0.717, 1.165) is 36.9 Å². The number of rotatable bonds is 5. The number of aromatic nitrogens is 1. The standard InChI is InChI=1S/C21H25N3O2/c1-14(2)18-9-5-6-10-19(18)24-21(26)16-11-15(12-22-13-16)20(25)23-17-7-3-4-8-17/h5-6,9-14,17H,3-4,7-8H2,1-2H3,(H,23,25)(H,24,26). The number of nitrogens with zero attached hydrogens (tertiary/aromatic N) is 1. The first-order chi connectivity index (χ1) is 12.5. The van der Waals surface area contributed by atoms with Crippen molar-refractivity contribution >= 4 is 17.5 Å². The fourth-order valence-corrected chi connectivity index (χ4v) is 3.34. The molecule has 1 aliphatic carbocycles. The van der Waals surface area contributed by atoms with Crippen LogP contribution in [-0.2, 0) is 0 Å². The molecule has 0 aliphatic heterocycles. The molecule has 1 aliphatic rings. The van der Waals surface area contributed by atoms with Gasteiger partial charge in [0.25, 0.3) is 11.8 Å². The van der Waals surface area contributed by atoms with Crippen molar-refractivity contribution in [1.29, 1.82) is 0 Å². The van der Waals surface area contributed by atoms with Crippen LogP contribution < -0.4 is 10.6 Å². The Morgan fingerprint density at radius 3 is 2.38 bits per heavy atom. The van der Waals surface area contributed by atoms with E-state index in [1.807, 2.05) is 24.3 Å². The molecular weight excluding hydrogens is 326 g/mol. The molecule has 2 N–H and O–H groups in total. The smallest absolute Gasteiger partial charge is 0.257 e. The molecule has 0 bridgehead atoms. The van der Waals surface area contributed by atoms with Gasteiger partial charge in [-0.05, 0) is 36.5 Å². The van der Waals surface area contributed by atoms with Gasteiger partial charge in [0.2, 0.25) is 0 Å². The molecule has 5 heteroatoms. The lowest BCUT2D eigenvalue weighted by molar-refractivity contribution is 0.0937. The highest BCUT2D eigenvalue weighted by molar-refractivity contribution is 6.06. The summed E-state index contributed by atoms with van der Waals surface area (Å²) in [5.74, 6) is -0.129. The van der Waals surface area contributed by atoms with Gasteiger partial charge in [0.05, 0.1) is 11.1 Å². The molecule has 26 heavy (non-hydrogen) atoms. The minimum absolute atomic E-state index is 0.165. The second-order valence-electron chi connectivity index (χ2n) is 7.11. The highest BCUT2D eigenvalue weighted by Gasteiger charge is 2.19. The van der Waals surface area contributed by atoms with Crippen molar-refractivity contribution in [2.75, 3.05) is 5.32 Å². The maximum atomic E-state index is 12.6. The van der Waals surface area contributed by atoms with Crippen molar-refractivity contribution in [1.82, 2.24) is 10.3 Å². The van der Waals surface area contributed by atoms with Gasteiger partial charge in [-0.15, -0.1) is 0 Å². The average Bonchev–Trinajstić information content (AvgIpc) is 3.15. The zero-order chi connectivity index (χ0) is 18.5. The third kappa shape index (κ3) is 4.28. The van der Waals surface area contributed by atoms with E-state index in [1.165, 1.54) is 12.4 Å². The lowest BCUT2D eigenvalue weighted by Crippen LogP contribution is -2.32. The maximum Gasteiger partial charge on any atom is 0.257 e. The van der Waals surface area contributed by atoms with E-state index in [-0.39, 0.29) is 17.9 Å². The zero-order valence-electron chi connectivity index (χ0n) is 15.3. The summed E-state index contributed by atoms with van der Waals surface area (Å²) in [7, 11) is 0. The largest absolute Gasteiger partial charge is 0.349 e. The molecule has 1 aromatic carbocycles. The van der Waals surface area contributed by atoms with Gasteiger partial charge >= 0.3 is 0 Å². The Kier molecular flexibility index (Phi) is 5.66. The number of anilines is 1. The fourth-order valence-electron chi connectivity index (χ4n) is 3.34. The molecule has 0 unspecified atom stereocenters. The van der Waals surface area contributed by atoms with Gasteiger partial charge in [-0.1, -0.05) is 44.9 Å². The van der Waals surface area contributed by atoms with Gasteiger partial charge in [-0.25, -0.2) is 0 Å². The van der Waals surface area contributed by atoms with Crippen molar-refractivity contribution in [3.63, 3.8) is 0 Å². The van der Waals surface area contributed by atoms with Crippen LogP contribution in [0.3, 0.4) is 0 Å². The third-order valence-electron chi connectivity index (χ3n) is 4.78. The quantitative estimate of drug-likeness (QED) is 0.851. The van der Waals surface area contributed by atoms with Gasteiger partial charge in [0, 0.05) is 24.1 Å². The van der Waals surface area contributed by atoms with Crippen molar-refractivity contribution in [2.45, 2.75) is 51.5 Å². The summed E-state index contributed by atoms with van der Waals surface area (Å²) < 4.78 is 0. The van der Waals surface area contributed by atoms with Crippen LogP contribution in [0.5, 0.6) is 0 Å². The summed E-state index contributed by atoms with van der Waals surface area (Å²) in [6.45, 7) is 4.17. The predicted molar refractivity (Wildman–Crippen MR) is 102 cm³/mol. The van der Waals surface area contributed by atoms with Crippen LogP contribution in [0.25, 0.3) is 0 Å². The predicted octanol–water partition coefficient (Wildman–Crippen LogP) is 4.13. The third-order valence-corrected chi connectivity index (χ3v) is 4.78. The number of hydrogen-bond donors (Lipinski definition) is 2. The van der Waals surface area contributed by atoms with E-state index < -0.39 is 0 Å². The van der Waals surface area contributed by atoms with Crippen LogP contribution in [0.1, 0.15) is 71.7 Å². The second-order valence-corrected chi connectivity index (χ2v) is 7.11. The molecule has 5 nitrogen and oxygen atoms in total. The molecule has 2 aromatic rings. The molecule has 0 radical (unpaired) electrons.